The van der Waals surface area contributed by atoms with E-state index in [1.807, 2.05) is 45.2 Å². The molecule has 2 aromatic rings. The Bertz CT molecular complexity index is 569. The van der Waals surface area contributed by atoms with Gasteiger partial charge in [0.1, 0.15) is 5.82 Å². The van der Waals surface area contributed by atoms with E-state index in [0.29, 0.717) is 0 Å². The molecule has 3 heteroatoms. The largest absolute Gasteiger partial charge is 0.370 e. The normalized spacial score (nSPS) is 12.2. The van der Waals surface area contributed by atoms with E-state index in [9.17, 15) is 4.39 Å². The Hall–Kier alpha value is -1.87. The number of hydrogen-bond donors (Lipinski definition) is 1. The number of hydrogen-bond acceptors (Lipinski definition) is 2. The van der Waals surface area contributed by atoms with Crippen LogP contribution < -0.4 is 10.2 Å². The minimum absolute atomic E-state index is 0.00979. The van der Waals surface area contributed by atoms with E-state index in [4.69, 9.17) is 0 Å². The zero-order valence-electron chi connectivity index (χ0n) is 12.9. The first-order valence-electron chi connectivity index (χ1n) is 7.40. The third kappa shape index (κ3) is 3.82. The summed E-state index contributed by atoms with van der Waals surface area (Å²) < 4.78 is 14.3. The van der Waals surface area contributed by atoms with Gasteiger partial charge in [0.25, 0.3) is 0 Å². The Balaban J connectivity index is 2.28. The molecule has 2 rings (SSSR count). The monoisotopic (exact) mass is 286 g/mol. The van der Waals surface area contributed by atoms with Crippen molar-refractivity contribution < 1.29 is 4.39 Å². The van der Waals surface area contributed by atoms with Crippen LogP contribution in [0.5, 0.6) is 0 Å². The molecule has 112 valence electrons. The molecular weight excluding hydrogens is 263 g/mol. The lowest BCUT2D eigenvalue weighted by molar-refractivity contribution is 0.540. The summed E-state index contributed by atoms with van der Waals surface area (Å²) in [5.74, 6) is -0.152. The van der Waals surface area contributed by atoms with E-state index >= 15 is 0 Å². The van der Waals surface area contributed by atoms with Gasteiger partial charge in [-0.25, -0.2) is 4.39 Å². The molecule has 21 heavy (non-hydrogen) atoms. The maximum Gasteiger partial charge on any atom is 0.130 e. The van der Waals surface area contributed by atoms with Gasteiger partial charge >= 0.3 is 0 Å². The van der Waals surface area contributed by atoms with Gasteiger partial charge in [-0.05, 0) is 31.2 Å². The smallest absolute Gasteiger partial charge is 0.130 e. The lowest BCUT2D eigenvalue weighted by Gasteiger charge is -2.26. The van der Waals surface area contributed by atoms with Gasteiger partial charge in [0, 0.05) is 30.9 Å². The molecule has 0 aromatic heterocycles. The molecule has 1 atom stereocenters. The van der Waals surface area contributed by atoms with Gasteiger partial charge in [-0.2, -0.15) is 0 Å². The molecule has 0 aliphatic rings. The average molecular weight is 286 g/mol. The van der Waals surface area contributed by atoms with Crippen molar-refractivity contribution >= 4 is 5.69 Å². The summed E-state index contributed by atoms with van der Waals surface area (Å²) in [6, 6.07) is 15.5. The fraction of sp³-hybridized carbons (Fsp3) is 0.333. The van der Waals surface area contributed by atoms with Crippen molar-refractivity contribution in [3.8, 4) is 0 Å². The van der Waals surface area contributed by atoms with E-state index < -0.39 is 0 Å². The summed E-state index contributed by atoms with van der Waals surface area (Å²) >= 11 is 0. The first kappa shape index (κ1) is 15.5. The van der Waals surface area contributed by atoms with E-state index in [0.717, 1.165) is 24.3 Å². The summed E-state index contributed by atoms with van der Waals surface area (Å²) in [6.07, 6.45) is 0. The lowest BCUT2D eigenvalue weighted by Crippen LogP contribution is -2.24. The lowest BCUT2D eigenvalue weighted by atomic mass is 10.0. The minimum atomic E-state index is -0.152. The molecule has 0 fully saturated rings. The zero-order chi connectivity index (χ0) is 15.2. The molecule has 0 bridgehead atoms. The molecule has 0 amide bonds. The number of halogens is 1. The summed E-state index contributed by atoms with van der Waals surface area (Å²) in [6.45, 7) is 5.61. The Morgan fingerprint density at radius 2 is 1.81 bits per heavy atom. The van der Waals surface area contributed by atoms with E-state index in [1.165, 1.54) is 11.6 Å². The van der Waals surface area contributed by atoms with Crippen LogP contribution in [0, 0.1) is 5.82 Å². The standard InChI is InChI=1S/C18H23FN2/c1-4-20-14(2)18-16(19)11-8-12-17(18)21(3)13-15-9-6-5-7-10-15/h5-12,14,20H,4,13H2,1-3H3. The van der Waals surface area contributed by atoms with Crippen LogP contribution in [0.25, 0.3) is 0 Å². The quantitative estimate of drug-likeness (QED) is 0.859. The number of nitrogens with one attached hydrogen (secondary N) is 1. The van der Waals surface area contributed by atoms with E-state index in [-0.39, 0.29) is 11.9 Å². The number of rotatable bonds is 6. The molecule has 0 saturated carbocycles. The molecule has 0 radical (unpaired) electrons. The van der Waals surface area contributed by atoms with Crippen LogP contribution in [0.1, 0.15) is 31.0 Å². The second kappa shape index (κ2) is 7.23. The van der Waals surface area contributed by atoms with Crippen LogP contribution in [0.2, 0.25) is 0 Å². The number of benzene rings is 2. The molecule has 0 spiro atoms. The Morgan fingerprint density at radius 1 is 1.10 bits per heavy atom. The van der Waals surface area contributed by atoms with Crippen molar-refractivity contribution in [1.82, 2.24) is 5.32 Å². The highest BCUT2D eigenvalue weighted by Gasteiger charge is 2.17. The highest BCUT2D eigenvalue weighted by atomic mass is 19.1. The van der Waals surface area contributed by atoms with Crippen molar-refractivity contribution in [3.05, 3.63) is 65.5 Å². The Morgan fingerprint density at radius 3 is 2.48 bits per heavy atom. The molecule has 1 N–H and O–H groups in total. The summed E-state index contributed by atoms with van der Waals surface area (Å²) in [5.41, 5.74) is 2.89. The first-order valence-corrected chi connectivity index (χ1v) is 7.40. The van der Waals surface area contributed by atoms with E-state index in [1.54, 1.807) is 6.07 Å². The van der Waals surface area contributed by atoms with Crippen molar-refractivity contribution in [2.75, 3.05) is 18.5 Å². The molecule has 1 unspecified atom stereocenters. The zero-order valence-corrected chi connectivity index (χ0v) is 12.9. The van der Waals surface area contributed by atoms with Crippen LogP contribution in [0.4, 0.5) is 10.1 Å². The molecule has 0 aliphatic heterocycles. The average Bonchev–Trinajstić information content (AvgIpc) is 2.48. The van der Waals surface area contributed by atoms with Gasteiger partial charge in [-0.3, -0.25) is 0 Å². The Kier molecular flexibility index (Phi) is 5.34. The van der Waals surface area contributed by atoms with Gasteiger partial charge in [0.15, 0.2) is 0 Å². The molecule has 0 aliphatic carbocycles. The minimum Gasteiger partial charge on any atom is -0.370 e. The van der Waals surface area contributed by atoms with Crippen LogP contribution in [-0.4, -0.2) is 13.6 Å². The van der Waals surface area contributed by atoms with Crippen LogP contribution in [0.15, 0.2) is 48.5 Å². The highest BCUT2D eigenvalue weighted by Crippen LogP contribution is 2.29. The molecule has 0 heterocycles. The third-order valence-electron chi connectivity index (χ3n) is 3.65. The van der Waals surface area contributed by atoms with E-state index in [2.05, 4.69) is 22.3 Å². The predicted octanol–water partition coefficient (Wildman–Crippen LogP) is 4.13. The van der Waals surface area contributed by atoms with Crippen LogP contribution in [0.3, 0.4) is 0 Å². The summed E-state index contributed by atoms with van der Waals surface area (Å²) in [5, 5.41) is 3.30. The third-order valence-corrected chi connectivity index (χ3v) is 3.65. The summed E-state index contributed by atoms with van der Waals surface area (Å²) in [7, 11) is 2.00. The highest BCUT2D eigenvalue weighted by molar-refractivity contribution is 5.55. The maximum atomic E-state index is 14.3. The molecular formula is C18H23FN2. The molecule has 0 saturated heterocycles. The van der Waals surface area contributed by atoms with Gasteiger partial charge in [0.05, 0.1) is 0 Å². The van der Waals surface area contributed by atoms with Gasteiger partial charge in [-0.15, -0.1) is 0 Å². The fourth-order valence-electron chi connectivity index (χ4n) is 2.64. The topological polar surface area (TPSA) is 15.3 Å². The molecule has 2 nitrogen and oxygen atoms in total. The second-order valence-electron chi connectivity index (χ2n) is 5.29. The van der Waals surface area contributed by atoms with Gasteiger partial charge in [0.2, 0.25) is 0 Å². The van der Waals surface area contributed by atoms with Crippen molar-refractivity contribution in [3.63, 3.8) is 0 Å². The number of nitrogens with zero attached hydrogens (tertiary/aromatic N) is 1. The summed E-state index contributed by atoms with van der Waals surface area (Å²) in [4.78, 5) is 2.10. The van der Waals surface area contributed by atoms with Crippen LogP contribution >= 0.6 is 0 Å². The fourth-order valence-corrected chi connectivity index (χ4v) is 2.64. The molecule has 2 aromatic carbocycles. The van der Waals surface area contributed by atoms with Gasteiger partial charge in [-0.1, -0.05) is 43.3 Å². The Labute approximate surface area is 126 Å². The van der Waals surface area contributed by atoms with Crippen molar-refractivity contribution in [2.45, 2.75) is 26.4 Å². The van der Waals surface area contributed by atoms with Gasteiger partial charge < -0.3 is 10.2 Å². The second-order valence-corrected chi connectivity index (χ2v) is 5.29. The number of anilines is 1. The SMILES string of the molecule is CCNC(C)c1c(F)cccc1N(C)Cc1ccccc1. The maximum absolute atomic E-state index is 14.3. The predicted molar refractivity (Wildman–Crippen MR) is 87.0 cm³/mol. The van der Waals surface area contributed by atoms with Crippen molar-refractivity contribution in [2.24, 2.45) is 0 Å². The van der Waals surface area contributed by atoms with Crippen LogP contribution in [-0.2, 0) is 6.54 Å². The van der Waals surface area contributed by atoms with Crippen molar-refractivity contribution in [1.29, 1.82) is 0 Å². The first-order chi connectivity index (χ1) is 10.1.